The number of para-hydroxylation sites is 2. The number of nitrogens with zero attached hydrogens (tertiary/aromatic N) is 1. The van der Waals surface area contributed by atoms with Crippen molar-refractivity contribution >= 4 is 28.6 Å². The molecule has 9 heteroatoms. The number of aromatic nitrogens is 1. The third-order valence-corrected chi connectivity index (χ3v) is 6.10. The quantitative estimate of drug-likeness (QED) is 0.499. The molecule has 1 heterocycles. The van der Waals surface area contributed by atoms with Crippen molar-refractivity contribution in [3.05, 3.63) is 64.5 Å². The fraction of sp³-hybridized carbons (Fsp3) is 0.391. The van der Waals surface area contributed by atoms with Gasteiger partial charge in [0.1, 0.15) is 5.52 Å². The van der Waals surface area contributed by atoms with Gasteiger partial charge in [-0.15, -0.1) is 0 Å². The summed E-state index contributed by atoms with van der Waals surface area (Å²) in [5.41, 5.74) is 0.562. The molecule has 0 radical (unpaired) electrons. The van der Waals surface area contributed by atoms with Gasteiger partial charge in [-0.3, -0.25) is 4.79 Å². The second-order valence-corrected chi connectivity index (χ2v) is 8.50. The monoisotopic (exact) mass is 465 g/mol. The first-order valence-corrected chi connectivity index (χ1v) is 10.9. The van der Waals surface area contributed by atoms with Gasteiger partial charge in [0.25, 0.3) is 5.91 Å². The highest BCUT2D eigenvalue weighted by Crippen LogP contribution is 2.32. The number of carbonyl (C=O) groups excluding carboxylic acids is 1. The molecule has 0 aliphatic heterocycles. The topological polar surface area (TPSA) is 67.2 Å². The van der Waals surface area contributed by atoms with Crippen LogP contribution in [0.4, 0.5) is 13.2 Å². The SMILES string of the molecule is O=C(N[C@H]1CC[C@H](CNCc2nc3ccccc3o2)CC1)c1cc(C(F)(F)F)ccc1Cl. The lowest BCUT2D eigenvalue weighted by Crippen LogP contribution is -2.39. The summed E-state index contributed by atoms with van der Waals surface area (Å²) >= 11 is 5.97. The molecule has 170 valence electrons. The molecule has 32 heavy (non-hydrogen) atoms. The Morgan fingerprint density at radius 2 is 1.88 bits per heavy atom. The Labute approximate surface area is 188 Å². The summed E-state index contributed by atoms with van der Waals surface area (Å²) in [6, 6.07) is 10.3. The molecule has 1 aromatic heterocycles. The summed E-state index contributed by atoms with van der Waals surface area (Å²) in [6.45, 7) is 1.35. The summed E-state index contributed by atoms with van der Waals surface area (Å²) in [6.07, 6.45) is -1.19. The van der Waals surface area contributed by atoms with Crippen LogP contribution in [0.5, 0.6) is 0 Å². The second-order valence-electron chi connectivity index (χ2n) is 8.09. The van der Waals surface area contributed by atoms with Gasteiger partial charge in [-0.05, 0) is 68.5 Å². The third kappa shape index (κ3) is 5.42. The minimum absolute atomic E-state index is 0.00702. The zero-order valence-corrected chi connectivity index (χ0v) is 18.0. The van der Waals surface area contributed by atoms with E-state index in [-0.39, 0.29) is 16.6 Å². The van der Waals surface area contributed by atoms with E-state index < -0.39 is 17.6 Å². The smallest absolute Gasteiger partial charge is 0.416 e. The number of hydrogen-bond acceptors (Lipinski definition) is 4. The summed E-state index contributed by atoms with van der Waals surface area (Å²) in [5.74, 6) is 0.522. The van der Waals surface area contributed by atoms with E-state index in [9.17, 15) is 18.0 Å². The summed E-state index contributed by atoms with van der Waals surface area (Å²) < 4.78 is 44.5. The third-order valence-electron chi connectivity index (χ3n) is 5.77. The van der Waals surface area contributed by atoms with E-state index in [1.54, 1.807) is 0 Å². The van der Waals surface area contributed by atoms with Crippen molar-refractivity contribution < 1.29 is 22.4 Å². The summed E-state index contributed by atoms with van der Waals surface area (Å²) in [5, 5.41) is 6.22. The number of rotatable bonds is 6. The minimum Gasteiger partial charge on any atom is -0.439 e. The van der Waals surface area contributed by atoms with E-state index in [1.807, 2.05) is 24.3 Å². The van der Waals surface area contributed by atoms with Crippen LogP contribution in [-0.4, -0.2) is 23.5 Å². The zero-order chi connectivity index (χ0) is 22.7. The van der Waals surface area contributed by atoms with Crippen molar-refractivity contribution in [2.45, 2.75) is 44.4 Å². The fourth-order valence-corrected chi connectivity index (χ4v) is 4.23. The Bertz CT molecular complexity index is 1060. The van der Waals surface area contributed by atoms with Gasteiger partial charge >= 0.3 is 6.18 Å². The van der Waals surface area contributed by atoms with Gasteiger partial charge < -0.3 is 15.1 Å². The number of halogens is 4. The maximum atomic E-state index is 12.9. The molecule has 4 rings (SSSR count). The Morgan fingerprint density at radius 1 is 1.12 bits per heavy atom. The molecule has 0 saturated heterocycles. The van der Waals surface area contributed by atoms with Crippen molar-refractivity contribution in [3.8, 4) is 0 Å². The van der Waals surface area contributed by atoms with E-state index in [0.717, 1.165) is 61.5 Å². The highest BCUT2D eigenvalue weighted by molar-refractivity contribution is 6.33. The van der Waals surface area contributed by atoms with E-state index in [2.05, 4.69) is 15.6 Å². The molecule has 1 aliphatic rings. The van der Waals surface area contributed by atoms with Gasteiger partial charge in [-0.25, -0.2) is 4.98 Å². The van der Waals surface area contributed by atoms with Crippen molar-refractivity contribution in [2.24, 2.45) is 5.92 Å². The second kappa shape index (κ2) is 9.50. The zero-order valence-electron chi connectivity index (χ0n) is 17.2. The van der Waals surface area contributed by atoms with Crippen LogP contribution in [-0.2, 0) is 12.7 Å². The van der Waals surface area contributed by atoms with Crippen molar-refractivity contribution in [1.82, 2.24) is 15.6 Å². The molecule has 0 unspecified atom stereocenters. The van der Waals surface area contributed by atoms with E-state index >= 15 is 0 Å². The van der Waals surface area contributed by atoms with Crippen molar-refractivity contribution in [3.63, 3.8) is 0 Å². The minimum atomic E-state index is -4.53. The molecule has 3 aromatic rings. The molecule has 2 aromatic carbocycles. The van der Waals surface area contributed by atoms with Gasteiger partial charge in [-0.2, -0.15) is 13.2 Å². The predicted molar refractivity (Wildman–Crippen MR) is 115 cm³/mol. The lowest BCUT2D eigenvalue weighted by Gasteiger charge is -2.29. The number of carbonyl (C=O) groups is 1. The molecule has 1 amide bonds. The lowest BCUT2D eigenvalue weighted by molar-refractivity contribution is -0.137. The van der Waals surface area contributed by atoms with Crippen LogP contribution in [0, 0.1) is 5.92 Å². The molecule has 2 N–H and O–H groups in total. The number of hydrogen-bond donors (Lipinski definition) is 2. The molecule has 1 saturated carbocycles. The normalized spacial score (nSPS) is 19.2. The molecule has 0 bridgehead atoms. The number of oxazole rings is 1. The molecule has 1 aliphatic carbocycles. The first-order chi connectivity index (χ1) is 15.3. The number of benzene rings is 2. The largest absolute Gasteiger partial charge is 0.439 e. The van der Waals surface area contributed by atoms with Crippen molar-refractivity contribution in [1.29, 1.82) is 0 Å². The Hall–Kier alpha value is -2.58. The molecule has 0 spiro atoms. The van der Waals surface area contributed by atoms with Gasteiger partial charge in [-0.1, -0.05) is 23.7 Å². The molecule has 5 nitrogen and oxygen atoms in total. The van der Waals surface area contributed by atoms with E-state index in [1.165, 1.54) is 0 Å². The van der Waals surface area contributed by atoms with Gasteiger partial charge in [0.2, 0.25) is 5.89 Å². The maximum Gasteiger partial charge on any atom is 0.416 e. The van der Waals surface area contributed by atoms with Crippen LogP contribution in [0.25, 0.3) is 11.1 Å². The number of nitrogens with one attached hydrogen (secondary N) is 2. The summed E-state index contributed by atoms with van der Waals surface area (Å²) in [7, 11) is 0. The first-order valence-electron chi connectivity index (χ1n) is 10.5. The average molecular weight is 466 g/mol. The first kappa shape index (κ1) is 22.6. The maximum absolute atomic E-state index is 12.9. The Balaban J connectivity index is 1.24. The Kier molecular flexibility index (Phi) is 6.71. The van der Waals surface area contributed by atoms with Crippen LogP contribution >= 0.6 is 11.6 Å². The number of amides is 1. The molecular formula is C23H23ClF3N3O2. The average Bonchev–Trinajstić information content (AvgIpc) is 3.17. The predicted octanol–water partition coefficient (Wildman–Crippen LogP) is 5.58. The molecule has 0 atom stereocenters. The van der Waals surface area contributed by atoms with Crippen LogP contribution in [0.15, 0.2) is 46.9 Å². The standard InChI is InChI=1S/C23H23ClF3N3O2/c24-18-10-7-15(23(25,26)27)11-17(18)22(31)29-16-8-5-14(6-9-16)12-28-13-21-30-19-3-1-2-4-20(19)32-21/h1-4,7,10-11,14,16,28H,5-6,8-9,12-13H2,(H,29,31)/t14-,16-. The van der Waals surface area contributed by atoms with Crippen LogP contribution in [0.3, 0.4) is 0 Å². The summed E-state index contributed by atoms with van der Waals surface area (Å²) in [4.78, 5) is 16.9. The highest BCUT2D eigenvalue weighted by Gasteiger charge is 2.32. The molecular weight excluding hydrogens is 443 g/mol. The van der Waals surface area contributed by atoms with Gasteiger partial charge in [0, 0.05) is 6.04 Å². The fourth-order valence-electron chi connectivity index (χ4n) is 4.03. The van der Waals surface area contributed by atoms with Gasteiger partial charge in [0.15, 0.2) is 5.58 Å². The van der Waals surface area contributed by atoms with Crippen molar-refractivity contribution in [2.75, 3.05) is 6.54 Å². The van der Waals surface area contributed by atoms with E-state index in [4.69, 9.17) is 16.0 Å². The number of alkyl halides is 3. The lowest BCUT2D eigenvalue weighted by atomic mass is 9.86. The molecule has 1 fully saturated rings. The highest BCUT2D eigenvalue weighted by atomic mass is 35.5. The van der Waals surface area contributed by atoms with Crippen LogP contribution < -0.4 is 10.6 Å². The van der Waals surface area contributed by atoms with Crippen LogP contribution in [0.2, 0.25) is 5.02 Å². The van der Waals surface area contributed by atoms with E-state index in [0.29, 0.717) is 18.4 Å². The van der Waals surface area contributed by atoms with Crippen LogP contribution in [0.1, 0.15) is 47.5 Å². The van der Waals surface area contributed by atoms with Gasteiger partial charge in [0.05, 0.1) is 22.7 Å². The Morgan fingerprint density at radius 3 is 2.59 bits per heavy atom. The number of fused-ring (bicyclic) bond motifs is 1.